The molecule has 1 aromatic rings. The topological polar surface area (TPSA) is 83.7 Å². The minimum Gasteiger partial charge on any atom is -0.450 e. The Kier molecular flexibility index (Phi) is 5.90. The molecule has 0 saturated carbocycles. The van der Waals surface area contributed by atoms with Gasteiger partial charge in [-0.25, -0.2) is 4.79 Å². The number of piperidine rings is 1. The fourth-order valence-corrected chi connectivity index (χ4v) is 2.76. The van der Waals surface area contributed by atoms with Crippen molar-refractivity contribution in [2.75, 3.05) is 26.8 Å². The van der Waals surface area contributed by atoms with Crippen LogP contribution in [-0.2, 0) is 9.47 Å². The van der Waals surface area contributed by atoms with E-state index in [9.17, 15) is 9.59 Å². The molecule has 0 aliphatic carbocycles. The predicted molar refractivity (Wildman–Crippen MR) is 85.8 cm³/mol. The summed E-state index contributed by atoms with van der Waals surface area (Å²) in [5, 5.41) is 3.46. The third-order valence-corrected chi connectivity index (χ3v) is 4.29. The van der Waals surface area contributed by atoms with E-state index in [1.54, 1.807) is 31.9 Å². The van der Waals surface area contributed by atoms with E-state index >= 15 is 0 Å². The van der Waals surface area contributed by atoms with Gasteiger partial charge in [0.2, 0.25) is 0 Å². The van der Waals surface area contributed by atoms with Crippen LogP contribution in [0, 0.1) is 6.92 Å². The molecule has 0 aromatic carbocycles. The molecule has 1 saturated heterocycles. The van der Waals surface area contributed by atoms with Gasteiger partial charge >= 0.3 is 6.09 Å². The summed E-state index contributed by atoms with van der Waals surface area (Å²) in [6.45, 7) is 4.79. The van der Waals surface area contributed by atoms with Gasteiger partial charge in [-0.15, -0.1) is 0 Å². The van der Waals surface area contributed by atoms with E-state index < -0.39 is 0 Å². The third kappa shape index (κ3) is 4.17. The fraction of sp³-hybridized carbons (Fsp3) is 0.600. The van der Waals surface area contributed by atoms with Crippen molar-refractivity contribution in [3.8, 4) is 0 Å². The minimum absolute atomic E-state index is 0.180. The summed E-state index contributed by atoms with van der Waals surface area (Å²) >= 11 is 5.96. The molecule has 0 spiro atoms. The molecule has 7 nitrogen and oxygen atoms in total. The van der Waals surface area contributed by atoms with E-state index in [-0.39, 0.29) is 24.1 Å². The first-order valence-corrected chi connectivity index (χ1v) is 7.94. The highest BCUT2D eigenvalue weighted by Crippen LogP contribution is 2.18. The molecule has 2 atom stereocenters. The summed E-state index contributed by atoms with van der Waals surface area (Å²) in [7, 11) is 1.56. The first kappa shape index (κ1) is 17.6. The average molecular weight is 344 g/mol. The summed E-state index contributed by atoms with van der Waals surface area (Å²) in [6.07, 6.45) is -0.0500. The largest absolute Gasteiger partial charge is 0.450 e. The average Bonchev–Trinajstić information content (AvgIpc) is 2.87. The standard InChI is InChI=1S/C15H22ClN3O4/c1-4-23-15(21)19-6-5-11(13(8-19)22-3)18-14(20)12-7-10(16)9(2)17-12/h7,11,13,17H,4-6,8H2,1-3H3,(H,18,20)/t11-,13+/m1/s1. The highest BCUT2D eigenvalue weighted by Gasteiger charge is 2.33. The number of methoxy groups -OCH3 is 1. The van der Waals surface area contributed by atoms with Gasteiger partial charge in [0.15, 0.2) is 0 Å². The van der Waals surface area contributed by atoms with Gasteiger partial charge in [-0.3, -0.25) is 4.79 Å². The van der Waals surface area contributed by atoms with E-state index in [4.69, 9.17) is 21.1 Å². The van der Waals surface area contributed by atoms with Crippen molar-refractivity contribution in [2.45, 2.75) is 32.4 Å². The quantitative estimate of drug-likeness (QED) is 0.875. The van der Waals surface area contributed by atoms with E-state index in [2.05, 4.69) is 10.3 Å². The van der Waals surface area contributed by atoms with Crippen molar-refractivity contribution in [1.82, 2.24) is 15.2 Å². The number of carbonyl (C=O) groups excluding carboxylic acids is 2. The van der Waals surface area contributed by atoms with Gasteiger partial charge in [0, 0.05) is 19.3 Å². The van der Waals surface area contributed by atoms with Crippen molar-refractivity contribution >= 4 is 23.6 Å². The van der Waals surface area contributed by atoms with E-state index in [0.29, 0.717) is 36.8 Å². The van der Waals surface area contributed by atoms with Crippen LogP contribution in [0.1, 0.15) is 29.5 Å². The number of likely N-dealkylation sites (tertiary alicyclic amines) is 1. The second-order valence-corrected chi connectivity index (χ2v) is 5.85. The Balaban J connectivity index is 1.97. The third-order valence-electron chi connectivity index (χ3n) is 3.90. The van der Waals surface area contributed by atoms with Crippen molar-refractivity contribution in [2.24, 2.45) is 0 Å². The number of rotatable bonds is 4. The van der Waals surface area contributed by atoms with Crippen LogP contribution in [0.5, 0.6) is 0 Å². The van der Waals surface area contributed by atoms with Crippen LogP contribution in [0.15, 0.2) is 6.07 Å². The molecule has 1 aromatic heterocycles. The van der Waals surface area contributed by atoms with Gasteiger partial charge in [0.25, 0.3) is 5.91 Å². The molecule has 2 N–H and O–H groups in total. The number of aromatic amines is 1. The number of amides is 2. The van der Waals surface area contributed by atoms with Crippen LogP contribution in [-0.4, -0.2) is 60.8 Å². The predicted octanol–water partition coefficient (Wildman–Crippen LogP) is 1.95. The molecule has 2 rings (SSSR count). The Bertz CT molecular complexity index is 556. The second-order valence-electron chi connectivity index (χ2n) is 5.44. The van der Waals surface area contributed by atoms with E-state index in [1.807, 2.05) is 0 Å². The minimum atomic E-state index is -0.355. The smallest absolute Gasteiger partial charge is 0.409 e. The molecule has 0 unspecified atom stereocenters. The second kappa shape index (κ2) is 7.70. The highest BCUT2D eigenvalue weighted by atomic mass is 35.5. The van der Waals surface area contributed by atoms with Gasteiger partial charge in [-0.1, -0.05) is 11.6 Å². The first-order chi connectivity index (χ1) is 11.0. The van der Waals surface area contributed by atoms with Crippen molar-refractivity contribution in [1.29, 1.82) is 0 Å². The van der Waals surface area contributed by atoms with Crippen LogP contribution in [0.4, 0.5) is 4.79 Å². The maximum absolute atomic E-state index is 12.3. The van der Waals surface area contributed by atoms with Crippen molar-refractivity contribution in [3.05, 3.63) is 22.5 Å². The number of aromatic nitrogens is 1. The number of carbonyl (C=O) groups is 2. The van der Waals surface area contributed by atoms with Crippen LogP contribution >= 0.6 is 11.6 Å². The zero-order chi connectivity index (χ0) is 17.0. The number of aryl methyl sites for hydroxylation is 1. The normalized spacial score (nSPS) is 21.1. The van der Waals surface area contributed by atoms with E-state index in [0.717, 1.165) is 5.69 Å². The Morgan fingerprint density at radius 2 is 2.26 bits per heavy atom. The lowest BCUT2D eigenvalue weighted by molar-refractivity contribution is 0.00450. The van der Waals surface area contributed by atoms with Crippen LogP contribution in [0.25, 0.3) is 0 Å². The zero-order valence-electron chi connectivity index (χ0n) is 13.5. The monoisotopic (exact) mass is 343 g/mol. The molecule has 128 valence electrons. The van der Waals surface area contributed by atoms with Crippen LogP contribution in [0.3, 0.4) is 0 Å². The molecule has 1 fully saturated rings. The van der Waals surface area contributed by atoms with Gasteiger partial charge in [0.05, 0.1) is 30.3 Å². The van der Waals surface area contributed by atoms with Crippen LogP contribution < -0.4 is 5.32 Å². The van der Waals surface area contributed by atoms with Gasteiger partial charge in [-0.05, 0) is 26.3 Å². The summed E-state index contributed by atoms with van der Waals surface area (Å²) in [6, 6.07) is 1.42. The molecule has 0 bridgehead atoms. The Morgan fingerprint density at radius 1 is 1.52 bits per heavy atom. The lowest BCUT2D eigenvalue weighted by atomic mass is 10.0. The Hall–Kier alpha value is -1.73. The number of halogens is 1. The van der Waals surface area contributed by atoms with Crippen LogP contribution in [0.2, 0.25) is 5.02 Å². The summed E-state index contributed by atoms with van der Waals surface area (Å²) in [4.78, 5) is 28.6. The van der Waals surface area contributed by atoms with Gasteiger partial charge in [0.1, 0.15) is 5.69 Å². The molecule has 1 aliphatic rings. The zero-order valence-corrected chi connectivity index (χ0v) is 14.3. The molecular weight excluding hydrogens is 322 g/mol. The summed E-state index contributed by atoms with van der Waals surface area (Å²) in [5.41, 5.74) is 1.16. The number of nitrogens with zero attached hydrogens (tertiary/aromatic N) is 1. The Labute approximate surface area is 140 Å². The van der Waals surface area contributed by atoms with E-state index in [1.165, 1.54) is 0 Å². The lowest BCUT2D eigenvalue weighted by Crippen LogP contribution is -2.56. The SMILES string of the molecule is CCOC(=O)N1CC[C@@H](NC(=O)c2cc(Cl)c(C)[nH]2)[C@@H](OC)C1. The first-order valence-electron chi connectivity index (χ1n) is 7.56. The lowest BCUT2D eigenvalue weighted by Gasteiger charge is -2.37. The summed E-state index contributed by atoms with van der Waals surface area (Å²) in [5.74, 6) is -0.239. The van der Waals surface area contributed by atoms with Gasteiger partial charge < -0.3 is 24.7 Å². The molecule has 8 heteroatoms. The number of hydrogen-bond donors (Lipinski definition) is 2. The maximum Gasteiger partial charge on any atom is 0.409 e. The molecule has 1 aliphatic heterocycles. The molecule has 2 heterocycles. The summed E-state index contributed by atoms with van der Waals surface area (Å²) < 4.78 is 10.4. The molecule has 0 radical (unpaired) electrons. The van der Waals surface area contributed by atoms with Gasteiger partial charge in [-0.2, -0.15) is 0 Å². The van der Waals surface area contributed by atoms with Crippen molar-refractivity contribution in [3.63, 3.8) is 0 Å². The number of H-pyrrole nitrogens is 1. The molecule has 2 amide bonds. The van der Waals surface area contributed by atoms with Crippen molar-refractivity contribution < 1.29 is 19.1 Å². The number of ether oxygens (including phenoxy) is 2. The highest BCUT2D eigenvalue weighted by molar-refractivity contribution is 6.31. The maximum atomic E-state index is 12.3. The fourth-order valence-electron chi connectivity index (χ4n) is 2.60. The number of nitrogens with one attached hydrogen (secondary N) is 2. The molecule has 23 heavy (non-hydrogen) atoms. The number of hydrogen-bond acceptors (Lipinski definition) is 4. The molecular formula is C15H22ClN3O4. The Morgan fingerprint density at radius 3 is 2.83 bits per heavy atom.